The van der Waals surface area contributed by atoms with Gasteiger partial charge >= 0.3 is 0 Å². The molecular formula is C14H18N2O3S2. The van der Waals surface area contributed by atoms with Gasteiger partial charge in [-0.3, -0.25) is 0 Å². The van der Waals surface area contributed by atoms with Gasteiger partial charge in [0.1, 0.15) is 5.76 Å². The van der Waals surface area contributed by atoms with Crippen LogP contribution in [0, 0.1) is 6.92 Å². The Bertz CT molecular complexity index is 734. The summed E-state index contributed by atoms with van der Waals surface area (Å²) >= 11 is 1.58. The van der Waals surface area contributed by atoms with Crippen molar-refractivity contribution in [3.8, 4) is 10.8 Å². The molecule has 1 aliphatic heterocycles. The first-order valence-corrected chi connectivity index (χ1v) is 9.53. The number of aryl methyl sites for hydroxylation is 1. The number of thiophene rings is 1. The van der Waals surface area contributed by atoms with Crippen molar-refractivity contribution in [1.82, 2.24) is 10.3 Å². The van der Waals surface area contributed by atoms with Gasteiger partial charge in [-0.15, -0.1) is 11.3 Å². The Morgan fingerprint density at radius 2 is 2.33 bits per heavy atom. The van der Waals surface area contributed by atoms with Crippen LogP contribution in [-0.2, 0) is 16.4 Å². The summed E-state index contributed by atoms with van der Waals surface area (Å²) in [4.78, 5) is 5.51. The third-order valence-corrected chi connectivity index (χ3v) is 6.57. The Morgan fingerprint density at radius 1 is 1.52 bits per heavy atom. The molecule has 3 rings (SSSR count). The minimum Gasteiger partial charge on any atom is -0.440 e. The van der Waals surface area contributed by atoms with Crippen molar-refractivity contribution in [3.63, 3.8) is 0 Å². The molecule has 21 heavy (non-hydrogen) atoms. The number of oxazole rings is 1. The second-order valence-corrected chi connectivity index (χ2v) is 8.89. The average Bonchev–Trinajstić information content (AvgIpc) is 3.08. The fourth-order valence-corrected chi connectivity index (χ4v) is 5.32. The van der Waals surface area contributed by atoms with Crippen molar-refractivity contribution in [2.45, 2.75) is 32.4 Å². The summed E-state index contributed by atoms with van der Waals surface area (Å²) in [5.74, 6) is 1.85. The maximum Gasteiger partial charge on any atom is 0.236 e. The first kappa shape index (κ1) is 14.7. The molecule has 7 heteroatoms. The van der Waals surface area contributed by atoms with E-state index < -0.39 is 9.84 Å². The van der Waals surface area contributed by atoms with E-state index in [0.717, 1.165) is 16.3 Å². The third-order valence-electron chi connectivity index (χ3n) is 3.81. The van der Waals surface area contributed by atoms with E-state index in [1.165, 1.54) is 0 Å². The molecule has 0 bridgehead atoms. The molecule has 0 aromatic carbocycles. The number of sulfone groups is 1. The molecule has 114 valence electrons. The molecule has 1 unspecified atom stereocenters. The van der Waals surface area contributed by atoms with Crippen LogP contribution in [0.25, 0.3) is 10.8 Å². The van der Waals surface area contributed by atoms with Gasteiger partial charge in [0.25, 0.3) is 0 Å². The first-order valence-electron chi connectivity index (χ1n) is 6.83. The van der Waals surface area contributed by atoms with Gasteiger partial charge < -0.3 is 9.73 Å². The van der Waals surface area contributed by atoms with E-state index in [9.17, 15) is 8.42 Å². The second-order valence-electron chi connectivity index (χ2n) is 5.76. The molecular weight excluding hydrogens is 308 g/mol. The van der Waals surface area contributed by atoms with E-state index >= 15 is 0 Å². The molecule has 1 aliphatic rings. The third kappa shape index (κ3) is 3.20. The van der Waals surface area contributed by atoms with E-state index in [1.54, 1.807) is 11.3 Å². The van der Waals surface area contributed by atoms with Gasteiger partial charge in [-0.25, -0.2) is 13.4 Å². The average molecular weight is 326 g/mol. The van der Waals surface area contributed by atoms with Crippen LogP contribution in [0.2, 0.25) is 0 Å². The molecule has 2 aromatic heterocycles. The topological polar surface area (TPSA) is 72.2 Å². The Morgan fingerprint density at radius 3 is 2.95 bits per heavy atom. The molecule has 1 saturated heterocycles. The highest BCUT2D eigenvalue weighted by molar-refractivity contribution is 7.91. The van der Waals surface area contributed by atoms with Crippen LogP contribution in [0.5, 0.6) is 0 Å². The molecule has 5 nitrogen and oxygen atoms in total. The lowest BCUT2D eigenvalue weighted by Crippen LogP contribution is -2.43. The van der Waals surface area contributed by atoms with Crippen molar-refractivity contribution in [1.29, 1.82) is 0 Å². The van der Waals surface area contributed by atoms with Gasteiger partial charge in [0.05, 0.1) is 22.1 Å². The maximum absolute atomic E-state index is 11.6. The summed E-state index contributed by atoms with van der Waals surface area (Å²) < 4.78 is 28.9. The first-order chi connectivity index (χ1) is 9.87. The van der Waals surface area contributed by atoms with Gasteiger partial charge in [0.15, 0.2) is 9.84 Å². The lowest BCUT2D eigenvalue weighted by Gasteiger charge is -2.23. The van der Waals surface area contributed by atoms with E-state index in [1.807, 2.05) is 31.4 Å². The van der Waals surface area contributed by atoms with Gasteiger partial charge in [-0.1, -0.05) is 6.07 Å². The second kappa shape index (κ2) is 5.23. The normalized spacial score (nSPS) is 24.5. The Kier molecular flexibility index (Phi) is 3.67. The van der Waals surface area contributed by atoms with Crippen LogP contribution in [0.3, 0.4) is 0 Å². The number of aromatic nitrogens is 1. The lowest BCUT2D eigenvalue weighted by atomic mass is 10.0. The SMILES string of the molecule is Cc1oc(-c2cccs2)nc1CNC1(C)CCS(=O)(=O)C1. The predicted molar refractivity (Wildman–Crippen MR) is 83.1 cm³/mol. The summed E-state index contributed by atoms with van der Waals surface area (Å²) in [6.45, 7) is 4.36. The number of nitrogens with zero attached hydrogens (tertiary/aromatic N) is 1. The van der Waals surface area contributed by atoms with Gasteiger partial charge in [0.2, 0.25) is 5.89 Å². The fourth-order valence-electron chi connectivity index (χ4n) is 2.54. The molecule has 2 aromatic rings. The standard InChI is InChI=1S/C14H18N2O3S2/c1-10-11(16-13(19-10)12-4-3-6-20-12)8-15-14(2)5-7-21(17,18)9-14/h3-4,6,15H,5,7-9H2,1-2H3. The quantitative estimate of drug-likeness (QED) is 0.934. The fraction of sp³-hybridized carbons (Fsp3) is 0.500. The van der Waals surface area contributed by atoms with E-state index in [-0.39, 0.29) is 17.0 Å². The van der Waals surface area contributed by atoms with Crippen molar-refractivity contribution >= 4 is 21.2 Å². The minimum absolute atomic E-state index is 0.189. The summed E-state index contributed by atoms with van der Waals surface area (Å²) in [7, 11) is -2.90. The smallest absolute Gasteiger partial charge is 0.236 e. The minimum atomic E-state index is -2.90. The molecule has 0 aliphatic carbocycles. The highest BCUT2D eigenvalue weighted by atomic mass is 32.2. The van der Waals surface area contributed by atoms with E-state index in [4.69, 9.17) is 4.42 Å². The molecule has 1 atom stereocenters. The molecule has 3 heterocycles. The molecule has 1 N–H and O–H groups in total. The van der Waals surface area contributed by atoms with Gasteiger partial charge in [0, 0.05) is 12.1 Å². The van der Waals surface area contributed by atoms with E-state index in [2.05, 4.69) is 10.3 Å². The number of rotatable bonds is 4. The summed E-state index contributed by atoms with van der Waals surface area (Å²) in [6, 6.07) is 3.93. The van der Waals surface area contributed by atoms with Crippen molar-refractivity contribution in [3.05, 3.63) is 29.0 Å². The maximum atomic E-state index is 11.6. The summed E-state index contributed by atoms with van der Waals surface area (Å²) in [5.41, 5.74) is 0.469. The van der Waals surface area contributed by atoms with Crippen LogP contribution in [0.1, 0.15) is 24.8 Å². The molecule has 0 spiro atoms. The zero-order valence-corrected chi connectivity index (χ0v) is 13.7. The largest absolute Gasteiger partial charge is 0.440 e. The highest BCUT2D eigenvalue weighted by Gasteiger charge is 2.38. The van der Waals surface area contributed by atoms with Crippen molar-refractivity contribution in [2.75, 3.05) is 11.5 Å². The van der Waals surface area contributed by atoms with Gasteiger partial charge in [-0.05, 0) is 31.7 Å². The predicted octanol–water partition coefficient (Wildman–Crippen LogP) is 2.38. The zero-order chi connectivity index (χ0) is 15.1. The van der Waals surface area contributed by atoms with Gasteiger partial charge in [-0.2, -0.15) is 0 Å². The van der Waals surface area contributed by atoms with Crippen molar-refractivity contribution in [2.24, 2.45) is 0 Å². The summed E-state index contributed by atoms with van der Waals surface area (Å²) in [6.07, 6.45) is 0.643. The zero-order valence-electron chi connectivity index (χ0n) is 12.0. The van der Waals surface area contributed by atoms with Crippen LogP contribution in [0.4, 0.5) is 0 Å². The number of hydrogen-bond acceptors (Lipinski definition) is 6. The monoisotopic (exact) mass is 326 g/mol. The number of nitrogens with one attached hydrogen (secondary N) is 1. The Hall–Kier alpha value is -1.18. The Labute approximate surface area is 128 Å². The highest BCUT2D eigenvalue weighted by Crippen LogP contribution is 2.27. The number of hydrogen-bond donors (Lipinski definition) is 1. The van der Waals surface area contributed by atoms with Crippen LogP contribution >= 0.6 is 11.3 Å². The molecule has 0 saturated carbocycles. The lowest BCUT2D eigenvalue weighted by molar-refractivity contribution is 0.391. The van der Waals surface area contributed by atoms with Crippen molar-refractivity contribution < 1.29 is 12.8 Å². The van der Waals surface area contributed by atoms with Crippen LogP contribution < -0.4 is 5.32 Å². The molecule has 0 radical (unpaired) electrons. The Balaban J connectivity index is 1.72. The molecule has 1 fully saturated rings. The summed E-state index contributed by atoms with van der Waals surface area (Å²) in [5, 5.41) is 5.31. The van der Waals surface area contributed by atoms with E-state index in [0.29, 0.717) is 18.9 Å². The molecule has 0 amide bonds. The van der Waals surface area contributed by atoms with Crippen LogP contribution in [0.15, 0.2) is 21.9 Å². The van der Waals surface area contributed by atoms with Crippen LogP contribution in [-0.4, -0.2) is 30.4 Å².